The van der Waals surface area contributed by atoms with Crippen molar-refractivity contribution in [2.45, 2.75) is 19.5 Å². The standard InChI is InChI=1S/C18H19N5/c1-2-23-18-16(17(19)20-11-21-18)15(22-23)10-13-8-5-7-12-6-3-4-9-14(12)13/h3-9,11,16,18H,2,10H2,1H3,(H2,19,20,21). The van der Waals surface area contributed by atoms with Crippen LogP contribution in [0.25, 0.3) is 10.8 Å². The summed E-state index contributed by atoms with van der Waals surface area (Å²) in [5.41, 5.74) is 8.46. The Bertz CT molecular complexity index is 831. The monoisotopic (exact) mass is 305 g/mol. The number of fused-ring (bicyclic) bond motifs is 2. The predicted molar refractivity (Wildman–Crippen MR) is 94.9 cm³/mol. The van der Waals surface area contributed by atoms with Crippen LogP contribution in [-0.2, 0) is 6.42 Å². The molecule has 2 heterocycles. The highest BCUT2D eigenvalue weighted by Gasteiger charge is 2.40. The second kappa shape index (κ2) is 5.50. The van der Waals surface area contributed by atoms with Crippen LogP contribution in [0.4, 0.5) is 0 Å². The van der Waals surface area contributed by atoms with Crippen molar-refractivity contribution in [3.8, 4) is 0 Å². The lowest BCUT2D eigenvalue weighted by molar-refractivity contribution is 0.235. The predicted octanol–water partition coefficient (Wildman–Crippen LogP) is 2.42. The van der Waals surface area contributed by atoms with Crippen LogP contribution in [0.15, 0.2) is 57.6 Å². The van der Waals surface area contributed by atoms with Crippen LogP contribution >= 0.6 is 0 Å². The maximum absolute atomic E-state index is 6.14. The lowest BCUT2D eigenvalue weighted by Crippen LogP contribution is -2.42. The normalized spacial score (nSPS) is 22.9. The third-order valence-electron chi connectivity index (χ3n) is 4.54. The number of hydrazone groups is 1. The zero-order chi connectivity index (χ0) is 15.8. The SMILES string of the molecule is CCN1N=C(Cc2cccc3ccccc23)C2C(N)=NC=NC21. The first-order valence-corrected chi connectivity index (χ1v) is 7.93. The molecule has 5 nitrogen and oxygen atoms in total. The third kappa shape index (κ3) is 2.29. The van der Waals surface area contributed by atoms with E-state index >= 15 is 0 Å². The Morgan fingerprint density at radius 2 is 1.96 bits per heavy atom. The number of amidine groups is 1. The van der Waals surface area contributed by atoms with Gasteiger partial charge < -0.3 is 5.73 Å². The molecule has 0 aromatic heterocycles. The van der Waals surface area contributed by atoms with Crippen LogP contribution in [-0.4, -0.2) is 35.6 Å². The maximum atomic E-state index is 6.14. The molecule has 2 aromatic rings. The number of aliphatic imine (C=N–C) groups is 2. The Morgan fingerprint density at radius 1 is 1.13 bits per heavy atom. The summed E-state index contributed by atoms with van der Waals surface area (Å²) in [6, 6.07) is 14.8. The summed E-state index contributed by atoms with van der Waals surface area (Å²) in [5, 5.41) is 9.29. The maximum Gasteiger partial charge on any atom is 0.153 e. The first-order valence-electron chi connectivity index (χ1n) is 7.93. The number of nitrogens with zero attached hydrogens (tertiary/aromatic N) is 4. The van der Waals surface area contributed by atoms with Crippen molar-refractivity contribution >= 4 is 28.7 Å². The summed E-state index contributed by atoms with van der Waals surface area (Å²) in [7, 11) is 0. The molecule has 0 spiro atoms. The number of hydrogen-bond acceptors (Lipinski definition) is 5. The van der Waals surface area contributed by atoms with E-state index in [1.165, 1.54) is 16.3 Å². The molecule has 116 valence electrons. The summed E-state index contributed by atoms with van der Waals surface area (Å²) in [6.07, 6.45) is 2.28. The molecular formula is C18H19N5. The summed E-state index contributed by atoms with van der Waals surface area (Å²) < 4.78 is 0. The van der Waals surface area contributed by atoms with Gasteiger partial charge in [-0.25, -0.2) is 9.98 Å². The zero-order valence-electron chi connectivity index (χ0n) is 13.1. The average molecular weight is 305 g/mol. The fraction of sp³-hybridized carbons (Fsp3) is 0.278. The highest BCUT2D eigenvalue weighted by molar-refractivity contribution is 6.11. The van der Waals surface area contributed by atoms with E-state index in [4.69, 9.17) is 10.8 Å². The minimum atomic E-state index is -0.0394. The molecule has 0 radical (unpaired) electrons. The summed E-state index contributed by atoms with van der Waals surface area (Å²) >= 11 is 0. The van der Waals surface area contributed by atoms with E-state index in [-0.39, 0.29) is 12.1 Å². The quantitative estimate of drug-likeness (QED) is 0.946. The van der Waals surface area contributed by atoms with Crippen LogP contribution in [0.1, 0.15) is 12.5 Å². The zero-order valence-corrected chi connectivity index (χ0v) is 13.1. The smallest absolute Gasteiger partial charge is 0.153 e. The molecule has 23 heavy (non-hydrogen) atoms. The number of rotatable bonds is 3. The molecule has 0 bridgehead atoms. The Kier molecular flexibility index (Phi) is 3.33. The van der Waals surface area contributed by atoms with Gasteiger partial charge in [-0.2, -0.15) is 5.10 Å². The average Bonchev–Trinajstić information content (AvgIpc) is 2.94. The minimum Gasteiger partial charge on any atom is -0.386 e. The molecule has 2 aliphatic heterocycles. The van der Waals surface area contributed by atoms with Crippen molar-refractivity contribution in [3.05, 3.63) is 48.0 Å². The molecule has 0 saturated heterocycles. The van der Waals surface area contributed by atoms with Gasteiger partial charge in [-0.05, 0) is 23.3 Å². The van der Waals surface area contributed by atoms with E-state index in [2.05, 4.69) is 59.4 Å². The van der Waals surface area contributed by atoms with Gasteiger partial charge in [0.1, 0.15) is 12.2 Å². The number of nitrogens with two attached hydrogens (primary N) is 1. The fourth-order valence-electron chi connectivity index (χ4n) is 3.41. The summed E-state index contributed by atoms with van der Waals surface area (Å²) in [6.45, 7) is 2.89. The van der Waals surface area contributed by atoms with Crippen LogP contribution in [0.2, 0.25) is 0 Å². The van der Waals surface area contributed by atoms with Gasteiger partial charge in [0, 0.05) is 13.0 Å². The lowest BCUT2D eigenvalue weighted by Gasteiger charge is -2.25. The van der Waals surface area contributed by atoms with E-state index in [0.717, 1.165) is 18.7 Å². The molecule has 2 unspecified atom stereocenters. The Hall–Kier alpha value is -2.69. The first kappa shape index (κ1) is 13.9. The molecule has 0 saturated carbocycles. The van der Waals surface area contributed by atoms with Gasteiger partial charge in [-0.1, -0.05) is 42.5 Å². The van der Waals surface area contributed by atoms with Gasteiger partial charge in [0.15, 0.2) is 6.17 Å². The third-order valence-corrected chi connectivity index (χ3v) is 4.54. The van der Waals surface area contributed by atoms with E-state index in [1.54, 1.807) is 6.34 Å². The van der Waals surface area contributed by atoms with Gasteiger partial charge >= 0.3 is 0 Å². The van der Waals surface area contributed by atoms with Crippen LogP contribution < -0.4 is 5.73 Å². The van der Waals surface area contributed by atoms with Gasteiger partial charge in [0.25, 0.3) is 0 Å². The van der Waals surface area contributed by atoms with Crippen LogP contribution in [0.5, 0.6) is 0 Å². The summed E-state index contributed by atoms with van der Waals surface area (Å²) in [4.78, 5) is 8.66. The first-order chi connectivity index (χ1) is 11.3. The minimum absolute atomic E-state index is 0.0149. The van der Waals surface area contributed by atoms with Gasteiger partial charge in [-0.15, -0.1) is 0 Å². The highest BCUT2D eigenvalue weighted by Crippen LogP contribution is 2.28. The van der Waals surface area contributed by atoms with Crippen molar-refractivity contribution < 1.29 is 0 Å². The van der Waals surface area contributed by atoms with Gasteiger partial charge in [-0.3, -0.25) is 5.01 Å². The fourth-order valence-corrected chi connectivity index (χ4v) is 3.41. The van der Waals surface area contributed by atoms with Crippen LogP contribution in [0.3, 0.4) is 0 Å². The van der Waals surface area contributed by atoms with Gasteiger partial charge in [0.2, 0.25) is 0 Å². The Morgan fingerprint density at radius 3 is 2.83 bits per heavy atom. The molecular weight excluding hydrogens is 286 g/mol. The van der Waals surface area contributed by atoms with Crippen molar-refractivity contribution in [2.24, 2.45) is 26.7 Å². The molecule has 5 heteroatoms. The molecule has 2 N–H and O–H groups in total. The van der Waals surface area contributed by atoms with Gasteiger partial charge in [0.05, 0.1) is 11.6 Å². The topological polar surface area (TPSA) is 66.3 Å². The second-order valence-electron chi connectivity index (χ2n) is 5.87. The Balaban J connectivity index is 1.72. The highest BCUT2D eigenvalue weighted by atomic mass is 15.5. The van der Waals surface area contributed by atoms with Crippen molar-refractivity contribution in [2.75, 3.05) is 6.54 Å². The van der Waals surface area contributed by atoms with Crippen molar-refractivity contribution in [3.63, 3.8) is 0 Å². The van der Waals surface area contributed by atoms with E-state index in [9.17, 15) is 0 Å². The van der Waals surface area contributed by atoms with E-state index in [1.807, 2.05) is 5.01 Å². The molecule has 0 amide bonds. The molecule has 2 aliphatic rings. The molecule has 2 aromatic carbocycles. The molecule has 4 rings (SSSR count). The number of benzene rings is 2. The largest absolute Gasteiger partial charge is 0.386 e. The van der Waals surface area contributed by atoms with E-state index < -0.39 is 0 Å². The molecule has 2 atom stereocenters. The second-order valence-corrected chi connectivity index (χ2v) is 5.87. The summed E-state index contributed by atoms with van der Waals surface area (Å²) in [5.74, 6) is 0.596. The molecule has 0 fully saturated rings. The van der Waals surface area contributed by atoms with E-state index in [0.29, 0.717) is 5.84 Å². The number of hydrogen-bond donors (Lipinski definition) is 1. The van der Waals surface area contributed by atoms with Crippen molar-refractivity contribution in [1.29, 1.82) is 0 Å². The van der Waals surface area contributed by atoms with Crippen LogP contribution in [0, 0.1) is 5.92 Å². The molecule has 0 aliphatic carbocycles. The van der Waals surface area contributed by atoms with Crippen molar-refractivity contribution in [1.82, 2.24) is 5.01 Å². The lowest BCUT2D eigenvalue weighted by atomic mass is 9.92. The Labute approximate surface area is 135 Å².